The van der Waals surface area contributed by atoms with E-state index in [-0.39, 0.29) is 5.92 Å². The van der Waals surface area contributed by atoms with E-state index in [2.05, 4.69) is 0 Å². The summed E-state index contributed by atoms with van der Waals surface area (Å²) in [5, 5.41) is 9.24. The summed E-state index contributed by atoms with van der Waals surface area (Å²) in [5.41, 5.74) is -0.390. The monoisotopic (exact) mass is 274 g/mol. The number of ether oxygens (including phenoxy) is 1. The summed E-state index contributed by atoms with van der Waals surface area (Å²) in [6.07, 6.45) is -3.80. The molecule has 0 aromatic heterocycles. The number of carboxylic acids is 1. The molecule has 1 aliphatic heterocycles. The fourth-order valence-electron chi connectivity index (χ4n) is 2.31. The Kier molecular flexibility index (Phi) is 3.80. The van der Waals surface area contributed by atoms with Crippen LogP contribution in [0.25, 0.3) is 0 Å². The largest absolute Gasteiger partial charge is 0.481 e. The van der Waals surface area contributed by atoms with Crippen molar-refractivity contribution in [3.8, 4) is 0 Å². The molecule has 1 aromatic rings. The van der Waals surface area contributed by atoms with Gasteiger partial charge in [0.2, 0.25) is 0 Å². The van der Waals surface area contributed by atoms with E-state index in [4.69, 9.17) is 4.74 Å². The molecule has 1 heterocycles. The first kappa shape index (κ1) is 13.9. The molecule has 0 aliphatic carbocycles. The molecule has 1 aliphatic rings. The van der Waals surface area contributed by atoms with Crippen molar-refractivity contribution in [1.82, 2.24) is 0 Å². The van der Waals surface area contributed by atoms with Gasteiger partial charge in [0.05, 0.1) is 18.1 Å². The molecule has 1 N–H and O–H groups in total. The summed E-state index contributed by atoms with van der Waals surface area (Å²) in [6.45, 7) is 0.826. The van der Waals surface area contributed by atoms with Crippen molar-refractivity contribution < 1.29 is 27.8 Å². The molecule has 2 rings (SSSR count). The van der Waals surface area contributed by atoms with Gasteiger partial charge in [-0.05, 0) is 24.1 Å². The maximum atomic E-state index is 12.4. The number of rotatable bonds is 3. The zero-order valence-corrected chi connectivity index (χ0v) is 9.98. The lowest BCUT2D eigenvalue weighted by molar-refractivity contribution is -0.140. The lowest BCUT2D eigenvalue weighted by atomic mass is 9.85. The Morgan fingerprint density at radius 3 is 2.37 bits per heavy atom. The minimum absolute atomic E-state index is 0.186. The zero-order chi connectivity index (χ0) is 14.0. The summed E-state index contributed by atoms with van der Waals surface area (Å²) in [5.74, 6) is -2.03. The summed E-state index contributed by atoms with van der Waals surface area (Å²) in [7, 11) is 0. The van der Waals surface area contributed by atoms with Crippen LogP contribution in [-0.2, 0) is 15.7 Å². The van der Waals surface area contributed by atoms with Crippen molar-refractivity contribution in [2.75, 3.05) is 13.2 Å². The molecule has 6 heteroatoms. The molecular formula is C13H13F3O3. The van der Waals surface area contributed by atoms with Crippen LogP contribution in [0.2, 0.25) is 0 Å². The number of hydrogen-bond acceptors (Lipinski definition) is 2. The van der Waals surface area contributed by atoms with Crippen LogP contribution in [0.15, 0.2) is 24.3 Å². The van der Waals surface area contributed by atoms with E-state index in [0.29, 0.717) is 25.2 Å². The lowest BCUT2D eigenvalue weighted by Gasteiger charge is -2.19. The van der Waals surface area contributed by atoms with Crippen molar-refractivity contribution in [3.63, 3.8) is 0 Å². The van der Waals surface area contributed by atoms with Gasteiger partial charge in [0.1, 0.15) is 0 Å². The van der Waals surface area contributed by atoms with Gasteiger partial charge in [-0.1, -0.05) is 12.1 Å². The van der Waals surface area contributed by atoms with Crippen molar-refractivity contribution in [2.45, 2.75) is 18.5 Å². The fraction of sp³-hybridized carbons (Fsp3) is 0.462. The maximum absolute atomic E-state index is 12.4. The Labute approximate surface area is 108 Å². The van der Waals surface area contributed by atoms with Gasteiger partial charge in [-0.3, -0.25) is 4.79 Å². The quantitative estimate of drug-likeness (QED) is 0.921. The molecule has 0 bridgehead atoms. The second-order valence-corrected chi connectivity index (χ2v) is 4.56. The highest BCUT2D eigenvalue weighted by molar-refractivity contribution is 5.76. The third kappa shape index (κ3) is 3.07. The predicted molar refractivity (Wildman–Crippen MR) is 60.7 cm³/mol. The molecule has 2 atom stereocenters. The van der Waals surface area contributed by atoms with E-state index in [1.54, 1.807) is 0 Å². The molecule has 0 amide bonds. The summed E-state index contributed by atoms with van der Waals surface area (Å²) >= 11 is 0. The first-order valence-electron chi connectivity index (χ1n) is 5.87. The van der Waals surface area contributed by atoms with E-state index in [9.17, 15) is 23.1 Å². The van der Waals surface area contributed by atoms with Crippen molar-refractivity contribution in [1.29, 1.82) is 0 Å². The van der Waals surface area contributed by atoms with Gasteiger partial charge in [-0.2, -0.15) is 13.2 Å². The highest BCUT2D eigenvalue weighted by Crippen LogP contribution is 2.34. The van der Waals surface area contributed by atoms with E-state index >= 15 is 0 Å². The molecule has 1 aromatic carbocycles. The summed E-state index contributed by atoms with van der Waals surface area (Å²) in [6, 6.07) is 4.31. The molecule has 104 valence electrons. The highest BCUT2D eigenvalue weighted by atomic mass is 19.4. The van der Waals surface area contributed by atoms with Crippen molar-refractivity contribution >= 4 is 5.97 Å². The van der Waals surface area contributed by atoms with Gasteiger partial charge in [0.25, 0.3) is 0 Å². The van der Waals surface area contributed by atoms with Crippen LogP contribution in [0, 0.1) is 5.92 Å². The molecule has 19 heavy (non-hydrogen) atoms. The van der Waals surface area contributed by atoms with Gasteiger partial charge in [0.15, 0.2) is 0 Å². The van der Waals surface area contributed by atoms with Crippen LogP contribution >= 0.6 is 0 Å². The predicted octanol–water partition coefficient (Wildman–Crippen LogP) is 2.91. The van der Waals surface area contributed by atoms with Gasteiger partial charge >= 0.3 is 12.1 Å². The number of aliphatic carboxylic acids is 1. The first-order chi connectivity index (χ1) is 8.89. The Balaban J connectivity index is 2.25. The standard InChI is InChI=1S/C13H13F3O3/c14-13(15,16)10-3-1-8(2-4-10)11(12(17)18)9-5-6-19-7-9/h1-4,9,11H,5-7H2,(H,17,18). The topological polar surface area (TPSA) is 46.5 Å². The molecule has 3 nitrogen and oxygen atoms in total. The molecule has 0 radical (unpaired) electrons. The Bertz CT molecular complexity index is 447. The molecular weight excluding hydrogens is 261 g/mol. The number of alkyl halides is 3. The summed E-state index contributed by atoms with van der Waals surface area (Å²) in [4.78, 5) is 11.3. The third-order valence-corrected chi connectivity index (χ3v) is 3.30. The van der Waals surface area contributed by atoms with E-state index < -0.39 is 23.6 Å². The summed E-state index contributed by atoms with van der Waals surface area (Å²) < 4.78 is 42.5. The average molecular weight is 274 g/mol. The second-order valence-electron chi connectivity index (χ2n) is 4.56. The second kappa shape index (κ2) is 5.21. The number of carboxylic acid groups (broad SMARTS) is 1. The minimum Gasteiger partial charge on any atom is -0.481 e. The van der Waals surface area contributed by atoms with Crippen molar-refractivity contribution in [3.05, 3.63) is 35.4 Å². The normalized spacial score (nSPS) is 21.3. The van der Waals surface area contributed by atoms with Crippen LogP contribution in [0.5, 0.6) is 0 Å². The zero-order valence-electron chi connectivity index (χ0n) is 9.98. The SMILES string of the molecule is O=C(O)C(c1ccc(C(F)(F)F)cc1)C1CCOC1. The Hall–Kier alpha value is -1.56. The fourth-order valence-corrected chi connectivity index (χ4v) is 2.31. The highest BCUT2D eigenvalue weighted by Gasteiger charge is 2.34. The van der Waals surface area contributed by atoms with Gasteiger partial charge in [0, 0.05) is 12.5 Å². The molecule has 0 saturated carbocycles. The molecule has 1 fully saturated rings. The van der Waals surface area contributed by atoms with E-state index in [1.807, 2.05) is 0 Å². The molecule has 1 saturated heterocycles. The lowest BCUT2D eigenvalue weighted by Crippen LogP contribution is -2.22. The number of halogens is 3. The maximum Gasteiger partial charge on any atom is 0.416 e. The van der Waals surface area contributed by atoms with Gasteiger partial charge in [-0.25, -0.2) is 0 Å². The average Bonchev–Trinajstić information content (AvgIpc) is 2.82. The molecule has 0 spiro atoms. The van der Waals surface area contributed by atoms with Gasteiger partial charge < -0.3 is 9.84 Å². The van der Waals surface area contributed by atoms with Crippen LogP contribution < -0.4 is 0 Å². The van der Waals surface area contributed by atoms with Crippen LogP contribution in [0.4, 0.5) is 13.2 Å². The third-order valence-electron chi connectivity index (χ3n) is 3.30. The van der Waals surface area contributed by atoms with Crippen molar-refractivity contribution in [2.24, 2.45) is 5.92 Å². The van der Waals surface area contributed by atoms with Gasteiger partial charge in [-0.15, -0.1) is 0 Å². The Morgan fingerprint density at radius 2 is 1.95 bits per heavy atom. The first-order valence-corrected chi connectivity index (χ1v) is 5.87. The number of hydrogen-bond donors (Lipinski definition) is 1. The number of carbonyl (C=O) groups is 1. The minimum atomic E-state index is -4.41. The Morgan fingerprint density at radius 1 is 1.32 bits per heavy atom. The van der Waals surface area contributed by atoms with Crippen LogP contribution in [0.1, 0.15) is 23.5 Å². The van der Waals surface area contributed by atoms with Crippen LogP contribution in [0.3, 0.4) is 0 Å². The van der Waals surface area contributed by atoms with Crippen LogP contribution in [-0.4, -0.2) is 24.3 Å². The van der Waals surface area contributed by atoms with E-state index in [1.165, 1.54) is 12.1 Å². The number of benzene rings is 1. The van der Waals surface area contributed by atoms with E-state index in [0.717, 1.165) is 12.1 Å². The molecule has 2 unspecified atom stereocenters. The smallest absolute Gasteiger partial charge is 0.416 e.